The highest BCUT2D eigenvalue weighted by Crippen LogP contribution is 2.27. The Bertz CT molecular complexity index is 369. The molecule has 1 aromatic heterocycles. The van der Waals surface area contributed by atoms with Crippen molar-refractivity contribution in [2.45, 2.75) is 27.0 Å². The Morgan fingerprint density at radius 1 is 1.32 bits per heavy atom. The van der Waals surface area contributed by atoms with Gasteiger partial charge in [-0.15, -0.1) is 11.3 Å². The third-order valence-electron chi connectivity index (χ3n) is 2.65. The minimum atomic E-state index is 0.510. The molecule has 0 amide bonds. The van der Waals surface area contributed by atoms with E-state index in [1.807, 2.05) is 0 Å². The van der Waals surface area contributed by atoms with Crippen LogP contribution < -0.4 is 10.6 Å². The molecule has 0 unspecified atom stereocenters. The van der Waals surface area contributed by atoms with Crippen LogP contribution in [0.3, 0.4) is 0 Å². The Morgan fingerprint density at radius 2 is 2.05 bits per heavy atom. The first-order valence-corrected chi connectivity index (χ1v) is 7.35. The van der Waals surface area contributed by atoms with Crippen LogP contribution >= 0.6 is 11.3 Å². The molecule has 0 aromatic carbocycles. The summed E-state index contributed by atoms with van der Waals surface area (Å²) >= 11 is 1.65. The van der Waals surface area contributed by atoms with Crippen LogP contribution in [-0.2, 0) is 22.6 Å². The van der Waals surface area contributed by atoms with Gasteiger partial charge in [0, 0.05) is 38.7 Å². The molecule has 1 aromatic rings. The average Bonchev–Trinajstić information content (AvgIpc) is 2.77. The molecule has 110 valence electrons. The van der Waals surface area contributed by atoms with Crippen LogP contribution in [0, 0.1) is 5.92 Å². The highest BCUT2D eigenvalue weighted by atomic mass is 32.1. The molecule has 0 fully saturated rings. The van der Waals surface area contributed by atoms with Crippen LogP contribution in [0.15, 0.2) is 0 Å². The number of thiazole rings is 1. The molecule has 0 aliphatic carbocycles. The summed E-state index contributed by atoms with van der Waals surface area (Å²) in [7, 11) is 3.40. The van der Waals surface area contributed by atoms with E-state index >= 15 is 0 Å². The van der Waals surface area contributed by atoms with E-state index in [1.165, 1.54) is 0 Å². The van der Waals surface area contributed by atoms with Crippen LogP contribution in [0.5, 0.6) is 0 Å². The number of hydrogen-bond acceptors (Lipinski definition) is 6. The summed E-state index contributed by atoms with van der Waals surface area (Å²) < 4.78 is 10.3. The molecule has 0 saturated carbocycles. The zero-order valence-corrected chi connectivity index (χ0v) is 13.1. The first-order chi connectivity index (χ1) is 9.12. The van der Waals surface area contributed by atoms with Gasteiger partial charge in [-0.3, -0.25) is 0 Å². The van der Waals surface area contributed by atoms with Gasteiger partial charge < -0.3 is 20.1 Å². The van der Waals surface area contributed by atoms with Crippen molar-refractivity contribution in [2.75, 3.05) is 38.8 Å². The quantitative estimate of drug-likeness (QED) is 0.751. The molecule has 0 spiro atoms. The molecule has 19 heavy (non-hydrogen) atoms. The van der Waals surface area contributed by atoms with Gasteiger partial charge in [0.25, 0.3) is 0 Å². The summed E-state index contributed by atoms with van der Waals surface area (Å²) in [6, 6.07) is 0. The maximum absolute atomic E-state index is 5.77. The minimum Gasteiger partial charge on any atom is -0.383 e. The number of rotatable bonds is 9. The molecule has 0 radical (unpaired) electrons. The SMILES string of the molecule is COCCN(CC(C)C)c1nc(COC)c(CN)s1. The summed E-state index contributed by atoms with van der Waals surface area (Å²) in [6.07, 6.45) is 0. The van der Waals surface area contributed by atoms with E-state index in [2.05, 4.69) is 23.7 Å². The lowest BCUT2D eigenvalue weighted by atomic mass is 10.2. The van der Waals surface area contributed by atoms with Crippen molar-refractivity contribution in [1.29, 1.82) is 0 Å². The molecule has 1 rings (SSSR count). The van der Waals surface area contributed by atoms with Crippen LogP contribution in [0.25, 0.3) is 0 Å². The van der Waals surface area contributed by atoms with Crippen molar-refractivity contribution in [3.05, 3.63) is 10.6 Å². The van der Waals surface area contributed by atoms with Crippen LogP contribution in [0.4, 0.5) is 5.13 Å². The zero-order valence-electron chi connectivity index (χ0n) is 12.3. The topological polar surface area (TPSA) is 60.6 Å². The summed E-state index contributed by atoms with van der Waals surface area (Å²) in [5.74, 6) is 0.577. The van der Waals surface area contributed by atoms with Crippen LogP contribution in [0.1, 0.15) is 24.4 Å². The second-order valence-electron chi connectivity index (χ2n) is 4.84. The molecule has 6 heteroatoms. The van der Waals surface area contributed by atoms with Crippen molar-refractivity contribution in [3.8, 4) is 0 Å². The number of nitrogens with zero attached hydrogens (tertiary/aromatic N) is 2. The van der Waals surface area contributed by atoms with Gasteiger partial charge in [-0.05, 0) is 5.92 Å². The molecule has 0 aliphatic heterocycles. The molecule has 0 aliphatic rings. The zero-order chi connectivity index (χ0) is 14.3. The number of hydrogen-bond donors (Lipinski definition) is 1. The van der Waals surface area contributed by atoms with Gasteiger partial charge in [0.15, 0.2) is 5.13 Å². The fraction of sp³-hybridized carbons (Fsp3) is 0.769. The lowest BCUT2D eigenvalue weighted by molar-refractivity contribution is 0.181. The van der Waals surface area contributed by atoms with Gasteiger partial charge in [-0.25, -0.2) is 4.98 Å². The molecule has 0 saturated heterocycles. The largest absolute Gasteiger partial charge is 0.383 e. The van der Waals surface area contributed by atoms with Crippen LogP contribution in [-0.4, -0.2) is 38.9 Å². The monoisotopic (exact) mass is 287 g/mol. The summed E-state index contributed by atoms with van der Waals surface area (Å²) in [5, 5.41) is 1.01. The predicted octanol–water partition coefficient (Wildman–Crippen LogP) is 1.86. The lowest BCUT2D eigenvalue weighted by Crippen LogP contribution is -2.30. The van der Waals surface area contributed by atoms with Crippen molar-refractivity contribution in [3.63, 3.8) is 0 Å². The van der Waals surface area contributed by atoms with Gasteiger partial charge in [0.2, 0.25) is 0 Å². The normalized spacial score (nSPS) is 11.3. The highest BCUT2D eigenvalue weighted by Gasteiger charge is 2.16. The standard InChI is InChI=1S/C13H25N3O2S/c1-10(2)8-16(5-6-17-3)13-15-11(9-18-4)12(7-14)19-13/h10H,5-9,14H2,1-4H3. The number of ether oxygens (including phenoxy) is 2. The van der Waals surface area contributed by atoms with E-state index in [4.69, 9.17) is 15.2 Å². The van der Waals surface area contributed by atoms with Gasteiger partial charge in [-0.2, -0.15) is 0 Å². The fourth-order valence-corrected chi connectivity index (χ4v) is 2.80. The van der Waals surface area contributed by atoms with E-state index in [9.17, 15) is 0 Å². The smallest absolute Gasteiger partial charge is 0.185 e. The Balaban J connectivity index is 2.87. The molecular weight excluding hydrogens is 262 g/mol. The molecule has 0 atom stereocenters. The third kappa shape index (κ3) is 5.06. The second-order valence-corrected chi connectivity index (χ2v) is 5.90. The van der Waals surface area contributed by atoms with E-state index in [1.54, 1.807) is 25.6 Å². The van der Waals surface area contributed by atoms with Crippen molar-refractivity contribution in [1.82, 2.24) is 4.98 Å². The molecule has 5 nitrogen and oxygen atoms in total. The Labute approximate surface area is 119 Å². The van der Waals surface area contributed by atoms with Crippen molar-refractivity contribution < 1.29 is 9.47 Å². The third-order valence-corrected chi connectivity index (χ3v) is 3.84. The number of anilines is 1. The van der Waals surface area contributed by atoms with Gasteiger partial charge in [0.05, 0.1) is 18.9 Å². The fourth-order valence-electron chi connectivity index (χ4n) is 1.82. The van der Waals surface area contributed by atoms with Crippen LogP contribution in [0.2, 0.25) is 0 Å². The predicted molar refractivity (Wildman–Crippen MR) is 79.6 cm³/mol. The van der Waals surface area contributed by atoms with Gasteiger partial charge in [-0.1, -0.05) is 13.8 Å². The summed E-state index contributed by atoms with van der Waals surface area (Å²) in [6.45, 7) is 7.94. The van der Waals surface area contributed by atoms with Crippen molar-refractivity contribution >= 4 is 16.5 Å². The molecule has 2 N–H and O–H groups in total. The minimum absolute atomic E-state index is 0.510. The van der Waals surface area contributed by atoms with Gasteiger partial charge >= 0.3 is 0 Å². The Kier molecular flexibility index (Phi) is 7.30. The van der Waals surface area contributed by atoms with Gasteiger partial charge in [0.1, 0.15) is 0 Å². The van der Waals surface area contributed by atoms with E-state index in [-0.39, 0.29) is 0 Å². The average molecular weight is 287 g/mol. The lowest BCUT2D eigenvalue weighted by Gasteiger charge is -2.23. The molecular formula is C13H25N3O2S. The Hall–Kier alpha value is -0.690. The summed E-state index contributed by atoms with van der Waals surface area (Å²) in [4.78, 5) is 8.02. The second kappa shape index (κ2) is 8.47. The first-order valence-electron chi connectivity index (χ1n) is 6.53. The molecule has 0 bridgehead atoms. The maximum Gasteiger partial charge on any atom is 0.185 e. The first kappa shape index (κ1) is 16.4. The number of aromatic nitrogens is 1. The highest BCUT2D eigenvalue weighted by molar-refractivity contribution is 7.15. The number of methoxy groups -OCH3 is 2. The summed E-state index contributed by atoms with van der Waals surface area (Å²) in [5.41, 5.74) is 6.72. The van der Waals surface area contributed by atoms with E-state index < -0.39 is 0 Å². The van der Waals surface area contributed by atoms with E-state index in [0.29, 0.717) is 25.7 Å². The van der Waals surface area contributed by atoms with E-state index in [0.717, 1.165) is 28.8 Å². The maximum atomic E-state index is 5.77. The number of nitrogens with two attached hydrogens (primary N) is 1. The van der Waals surface area contributed by atoms with Crippen molar-refractivity contribution in [2.24, 2.45) is 11.7 Å². The molecule has 1 heterocycles. The Morgan fingerprint density at radius 3 is 2.58 bits per heavy atom.